The van der Waals surface area contributed by atoms with Gasteiger partial charge in [0.15, 0.2) is 0 Å². The second-order valence-electron chi connectivity index (χ2n) is 5.68. The molecule has 0 radical (unpaired) electrons. The molecule has 0 aromatic heterocycles. The van der Waals surface area contributed by atoms with Gasteiger partial charge in [0.2, 0.25) is 5.91 Å². The highest BCUT2D eigenvalue weighted by Crippen LogP contribution is 2.14. The summed E-state index contributed by atoms with van der Waals surface area (Å²) < 4.78 is 0. The molecule has 1 aliphatic heterocycles. The summed E-state index contributed by atoms with van der Waals surface area (Å²) in [6.07, 6.45) is 0.576. The minimum absolute atomic E-state index is 0.104. The van der Waals surface area contributed by atoms with Crippen LogP contribution in [0.3, 0.4) is 0 Å². The smallest absolute Gasteiger partial charge is 0.239 e. The second-order valence-corrected chi connectivity index (χ2v) is 5.68. The van der Waals surface area contributed by atoms with Crippen molar-refractivity contribution in [1.82, 2.24) is 15.5 Å². The average molecular weight is 276 g/mol. The lowest BCUT2D eigenvalue weighted by atomic mass is 10.1. The van der Waals surface area contributed by atoms with E-state index in [1.807, 2.05) is 12.1 Å². The number of carbonyl (C=O) groups is 1. The van der Waals surface area contributed by atoms with Crippen LogP contribution in [0, 0.1) is 6.92 Å². The molecule has 3 atom stereocenters. The molecule has 0 saturated carbocycles. The van der Waals surface area contributed by atoms with Gasteiger partial charge in [0.05, 0.1) is 12.2 Å². The van der Waals surface area contributed by atoms with Gasteiger partial charge in [-0.25, -0.2) is 0 Å². The number of hydrogen-bond acceptors (Lipinski definition) is 4. The van der Waals surface area contributed by atoms with Gasteiger partial charge >= 0.3 is 0 Å². The highest BCUT2D eigenvalue weighted by Gasteiger charge is 2.30. The van der Waals surface area contributed by atoms with Gasteiger partial charge in [-0.2, -0.15) is 0 Å². The van der Waals surface area contributed by atoms with Gasteiger partial charge in [0.25, 0.3) is 0 Å². The molecule has 1 amide bonds. The monoisotopic (exact) mass is 276 g/mol. The van der Waals surface area contributed by atoms with E-state index in [1.165, 1.54) is 5.56 Å². The number of benzene rings is 1. The summed E-state index contributed by atoms with van der Waals surface area (Å²) in [7, 11) is 3.56. The molecule has 1 aliphatic rings. The zero-order chi connectivity index (χ0) is 14.7. The fraction of sp³-hybridized carbons (Fsp3) is 0.533. The molecule has 0 aliphatic carbocycles. The van der Waals surface area contributed by atoms with Crippen molar-refractivity contribution in [3.05, 3.63) is 35.4 Å². The number of rotatable bonds is 4. The van der Waals surface area contributed by atoms with Gasteiger partial charge < -0.3 is 16.0 Å². The molecule has 0 bridgehead atoms. The first kappa shape index (κ1) is 15.0. The third kappa shape index (κ3) is 3.56. The Bertz CT molecular complexity index is 457. The van der Waals surface area contributed by atoms with Crippen molar-refractivity contribution in [3.63, 3.8) is 0 Å². The Labute approximate surface area is 120 Å². The van der Waals surface area contributed by atoms with Crippen LogP contribution in [0.5, 0.6) is 0 Å². The third-order valence-electron chi connectivity index (χ3n) is 3.72. The summed E-state index contributed by atoms with van der Waals surface area (Å²) in [6.45, 7) is 2.82. The molecule has 3 unspecified atom stereocenters. The van der Waals surface area contributed by atoms with E-state index in [0.717, 1.165) is 18.5 Å². The fourth-order valence-corrected chi connectivity index (χ4v) is 2.49. The molecule has 20 heavy (non-hydrogen) atoms. The number of hydrogen-bond donors (Lipinski definition) is 3. The first-order valence-corrected chi connectivity index (χ1v) is 7.00. The lowest BCUT2D eigenvalue weighted by Crippen LogP contribution is -2.39. The fourth-order valence-electron chi connectivity index (χ4n) is 2.49. The minimum Gasteiger partial charge on any atom is -0.347 e. The molecule has 110 valence electrons. The van der Waals surface area contributed by atoms with Crippen LogP contribution >= 0.6 is 0 Å². The molecule has 5 heteroatoms. The van der Waals surface area contributed by atoms with Crippen LogP contribution in [-0.4, -0.2) is 43.5 Å². The number of nitrogens with zero attached hydrogens (tertiary/aromatic N) is 1. The van der Waals surface area contributed by atoms with Crippen molar-refractivity contribution in [2.24, 2.45) is 5.73 Å². The van der Waals surface area contributed by atoms with Crippen molar-refractivity contribution in [2.75, 3.05) is 20.6 Å². The summed E-state index contributed by atoms with van der Waals surface area (Å²) in [4.78, 5) is 13.5. The van der Waals surface area contributed by atoms with Gasteiger partial charge in [-0.1, -0.05) is 29.8 Å². The van der Waals surface area contributed by atoms with Crippen LogP contribution in [0.25, 0.3) is 0 Å². The molecule has 1 saturated heterocycles. The maximum Gasteiger partial charge on any atom is 0.239 e. The van der Waals surface area contributed by atoms with Crippen LogP contribution in [-0.2, 0) is 4.79 Å². The summed E-state index contributed by atoms with van der Waals surface area (Å²) in [6, 6.07) is 8.31. The lowest BCUT2D eigenvalue weighted by Gasteiger charge is -2.20. The summed E-state index contributed by atoms with van der Waals surface area (Å²) in [5.41, 5.74) is 8.46. The molecule has 4 N–H and O–H groups in total. The van der Waals surface area contributed by atoms with Crippen LogP contribution in [0.15, 0.2) is 24.3 Å². The number of nitrogens with two attached hydrogens (primary N) is 1. The Morgan fingerprint density at radius 3 is 2.65 bits per heavy atom. The van der Waals surface area contributed by atoms with Crippen LogP contribution in [0.2, 0.25) is 0 Å². The van der Waals surface area contributed by atoms with E-state index in [9.17, 15) is 4.79 Å². The van der Waals surface area contributed by atoms with Crippen molar-refractivity contribution in [2.45, 2.75) is 31.6 Å². The first-order chi connectivity index (χ1) is 9.47. The van der Waals surface area contributed by atoms with Gasteiger partial charge in [0, 0.05) is 26.7 Å². The maximum atomic E-state index is 11.9. The Morgan fingerprint density at radius 1 is 1.40 bits per heavy atom. The van der Waals surface area contributed by atoms with Gasteiger partial charge in [0.1, 0.15) is 0 Å². The molecule has 1 aromatic rings. The predicted octanol–water partition coefficient (Wildman–Crippen LogP) is 0.361. The normalized spacial score (nSPS) is 23.6. The van der Waals surface area contributed by atoms with Gasteiger partial charge in [-0.3, -0.25) is 10.1 Å². The van der Waals surface area contributed by atoms with Crippen LogP contribution in [0.1, 0.15) is 23.7 Å². The SMILES string of the molecule is Cc1ccc(C(N)NC2CNC(C(=O)N(C)C)C2)cc1. The Balaban J connectivity index is 1.88. The number of likely N-dealkylation sites (N-methyl/N-ethyl adjacent to an activating group) is 1. The van der Waals surface area contributed by atoms with E-state index in [0.29, 0.717) is 0 Å². The van der Waals surface area contributed by atoms with Crippen molar-refractivity contribution < 1.29 is 4.79 Å². The summed E-state index contributed by atoms with van der Waals surface area (Å²) in [5.74, 6) is 0.123. The van der Waals surface area contributed by atoms with Crippen LogP contribution < -0.4 is 16.4 Å². The number of amides is 1. The van der Waals surface area contributed by atoms with Crippen molar-refractivity contribution in [3.8, 4) is 0 Å². The molecular weight excluding hydrogens is 252 g/mol. The third-order valence-corrected chi connectivity index (χ3v) is 3.72. The van der Waals surface area contributed by atoms with E-state index in [2.05, 4.69) is 29.7 Å². The minimum atomic E-state index is -0.199. The Morgan fingerprint density at radius 2 is 2.05 bits per heavy atom. The molecule has 2 rings (SSSR count). The molecule has 0 spiro atoms. The second kappa shape index (κ2) is 6.35. The topological polar surface area (TPSA) is 70.4 Å². The Hall–Kier alpha value is -1.43. The van der Waals surface area contributed by atoms with Crippen molar-refractivity contribution >= 4 is 5.91 Å². The van der Waals surface area contributed by atoms with E-state index < -0.39 is 0 Å². The van der Waals surface area contributed by atoms with E-state index in [4.69, 9.17) is 5.73 Å². The zero-order valence-electron chi connectivity index (χ0n) is 12.4. The molecule has 1 fully saturated rings. The Kier molecular flexibility index (Phi) is 4.75. The van der Waals surface area contributed by atoms with E-state index >= 15 is 0 Å². The zero-order valence-corrected chi connectivity index (χ0v) is 12.4. The highest BCUT2D eigenvalue weighted by molar-refractivity contribution is 5.81. The predicted molar refractivity (Wildman–Crippen MR) is 80.1 cm³/mol. The van der Waals surface area contributed by atoms with E-state index in [-0.39, 0.29) is 24.2 Å². The van der Waals surface area contributed by atoms with Gasteiger partial charge in [-0.05, 0) is 18.9 Å². The number of nitrogens with one attached hydrogen (secondary N) is 2. The number of carbonyl (C=O) groups excluding carboxylic acids is 1. The molecular formula is C15H24N4O. The van der Waals surface area contributed by atoms with Crippen LogP contribution in [0.4, 0.5) is 0 Å². The summed E-state index contributed by atoms with van der Waals surface area (Å²) >= 11 is 0. The highest BCUT2D eigenvalue weighted by atomic mass is 16.2. The van der Waals surface area contributed by atoms with E-state index in [1.54, 1.807) is 19.0 Å². The van der Waals surface area contributed by atoms with Crippen molar-refractivity contribution in [1.29, 1.82) is 0 Å². The van der Waals surface area contributed by atoms with Gasteiger partial charge in [-0.15, -0.1) is 0 Å². The molecule has 1 aromatic carbocycles. The molecule has 1 heterocycles. The lowest BCUT2D eigenvalue weighted by molar-refractivity contribution is -0.130. The first-order valence-electron chi connectivity index (χ1n) is 7.00. The standard InChI is InChI=1S/C15H24N4O/c1-10-4-6-11(7-5-10)14(16)18-12-8-13(17-9-12)15(20)19(2)3/h4-7,12-14,17-18H,8-9,16H2,1-3H3. The maximum absolute atomic E-state index is 11.9. The largest absolute Gasteiger partial charge is 0.347 e. The average Bonchev–Trinajstić information content (AvgIpc) is 2.86. The molecule has 5 nitrogen and oxygen atoms in total. The summed E-state index contributed by atoms with van der Waals surface area (Å²) in [5, 5.41) is 6.63. The quantitative estimate of drug-likeness (QED) is 0.695. The number of aryl methyl sites for hydroxylation is 1.